The molecule has 0 aliphatic carbocycles. The number of hydrogen-bond acceptors (Lipinski definition) is 3. The lowest BCUT2D eigenvalue weighted by molar-refractivity contribution is 0.0684. The summed E-state index contributed by atoms with van der Waals surface area (Å²) in [6.45, 7) is 0.636. The fourth-order valence-electron chi connectivity index (χ4n) is 2.79. The van der Waals surface area contributed by atoms with Gasteiger partial charge in [-0.3, -0.25) is 9.69 Å². The fourth-order valence-corrected chi connectivity index (χ4v) is 2.79. The van der Waals surface area contributed by atoms with E-state index in [9.17, 15) is 14.7 Å². The van der Waals surface area contributed by atoms with Crippen LogP contribution in [-0.2, 0) is 13.0 Å². The summed E-state index contributed by atoms with van der Waals surface area (Å²) in [7, 11) is 1.57. The molecule has 0 atom stereocenters. The van der Waals surface area contributed by atoms with Crippen LogP contribution in [-0.4, -0.2) is 33.6 Å². The molecule has 3 rings (SSSR count). The molecule has 22 heavy (non-hydrogen) atoms. The average Bonchev–Trinajstić information content (AvgIpc) is 2.94. The van der Waals surface area contributed by atoms with Crippen LogP contribution in [0.5, 0.6) is 0 Å². The van der Waals surface area contributed by atoms with Crippen molar-refractivity contribution in [1.82, 2.24) is 9.55 Å². The summed E-state index contributed by atoms with van der Waals surface area (Å²) >= 11 is 0. The molecule has 6 nitrogen and oxygen atoms in total. The quantitative estimate of drug-likeness (QED) is 0.942. The molecule has 1 aromatic heterocycles. The molecule has 0 saturated heterocycles. The Hall–Kier alpha value is -2.63. The van der Waals surface area contributed by atoms with Gasteiger partial charge in [0.25, 0.3) is 5.91 Å². The summed E-state index contributed by atoms with van der Waals surface area (Å²) in [6, 6.07) is 8.79. The number of aromatic nitrogens is 2. The van der Waals surface area contributed by atoms with Gasteiger partial charge in [0.05, 0.1) is 0 Å². The molecule has 0 unspecified atom stereocenters. The van der Waals surface area contributed by atoms with Gasteiger partial charge in [-0.15, -0.1) is 0 Å². The number of carbonyl (C=O) groups is 2. The Morgan fingerprint density at radius 1 is 1.23 bits per heavy atom. The maximum Gasteiger partial charge on any atom is 0.356 e. The number of carboxylic acids is 1. The molecule has 6 heteroatoms. The minimum atomic E-state index is -1.05. The molecule has 1 N–H and O–H groups in total. The number of carbonyl (C=O) groups excluding carboxylic acids is 1. The monoisotopic (exact) mass is 299 g/mol. The highest BCUT2D eigenvalue weighted by molar-refractivity contribution is 6.07. The van der Waals surface area contributed by atoms with E-state index >= 15 is 0 Å². The topological polar surface area (TPSA) is 75.4 Å². The van der Waals surface area contributed by atoms with Crippen LogP contribution in [0.3, 0.4) is 0 Å². The maximum atomic E-state index is 12.5. The molecule has 114 valence electrons. The second-order valence-corrected chi connectivity index (χ2v) is 5.34. The van der Waals surface area contributed by atoms with Gasteiger partial charge in [0.2, 0.25) is 0 Å². The van der Waals surface area contributed by atoms with Crippen LogP contribution >= 0.6 is 0 Å². The van der Waals surface area contributed by atoms with Crippen molar-refractivity contribution in [1.29, 1.82) is 0 Å². The van der Waals surface area contributed by atoms with Crippen LogP contribution < -0.4 is 4.90 Å². The van der Waals surface area contributed by atoms with E-state index in [0.29, 0.717) is 12.1 Å². The number of anilines is 1. The van der Waals surface area contributed by atoms with Crippen molar-refractivity contribution in [3.05, 3.63) is 47.4 Å². The van der Waals surface area contributed by atoms with Crippen LogP contribution in [0.15, 0.2) is 30.3 Å². The molecule has 0 radical (unpaired) electrons. The zero-order chi connectivity index (χ0) is 15.7. The molecule has 2 heterocycles. The van der Waals surface area contributed by atoms with E-state index in [1.165, 1.54) is 4.90 Å². The Morgan fingerprint density at radius 2 is 1.95 bits per heavy atom. The van der Waals surface area contributed by atoms with Crippen LogP contribution in [0.25, 0.3) is 0 Å². The van der Waals surface area contributed by atoms with Crippen molar-refractivity contribution in [2.75, 3.05) is 11.9 Å². The number of imidazole rings is 1. The van der Waals surface area contributed by atoms with Crippen molar-refractivity contribution in [3.63, 3.8) is 0 Å². The highest BCUT2D eigenvalue weighted by Gasteiger charge is 2.29. The largest absolute Gasteiger partial charge is 0.476 e. The predicted molar refractivity (Wildman–Crippen MR) is 81.3 cm³/mol. The molecule has 1 aliphatic heterocycles. The Morgan fingerprint density at radius 3 is 2.64 bits per heavy atom. The molecule has 1 amide bonds. The molecule has 0 bridgehead atoms. The Balaban J connectivity index is 2.02. The van der Waals surface area contributed by atoms with E-state index in [-0.39, 0.29) is 17.4 Å². The lowest BCUT2D eigenvalue weighted by atomic mass is 10.1. The first-order chi connectivity index (χ1) is 10.6. The number of hydrogen-bond donors (Lipinski definition) is 1. The van der Waals surface area contributed by atoms with Gasteiger partial charge in [-0.2, -0.15) is 0 Å². The van der Waals surface area contributed by atoms with E-state index < -0.39 is 5.97 Å². The summed E-state index contributed by atoms with van der Waals surface area (Å²) in [5, 5.41) is 9.51. The number of rotatable bonds is 3. The molecule has 0 saturated carbocycles. The molecule has 0 fully saturated rings. The third-order valence-corrected chi connectivity index (χ3v) is 3.91. The summed E-state index contributed by atoms with van der Waals surface area (Å²) in [5.41, 5.74) is 0.605. The number of fused-ring (bicyclic) bond motifs is 1. The van der Waals surface area contributed by atoms with E-state index in [4.69, 9.17) is 0 Å². The van der Waals surface area contributed by atoms with E-state index in [0.717, 1.165) is 25.1 Å². The summed E-state index contributed by atoms with van der Waals surface area (Å²) in [4.78, 5) is 29.9. The smallest absolute Gasteiger partial charge is 0.356 e. The fraction of sp³-hybridized carbons (Fsp3) is 0.312. The lowest BCUT2D eigenvalue weighted by Crippen LogP contribution is -2.28. The summed E-state index contributed by atoms with van der Waals surface area (Å²) in [6.07, 6.45) is 2.67. The first-order valence-electron chi connectivity index (χ1n) is 7.25. The molecule has 1 aliphatic rings. The predicted octanol–water partition coefficient (Wildman–Crippen LogP) is 2.19. The standard InChI is InChI=1S/C16H17N3O3/c1-18(15(20)11-7-3-2-4-8-11)14-13(16(21)22)19-10-6-5-9-12(19)17-14/h2-4,7-8H,5-6,9-10H2,1H3,(H,21,22). The minimum absolute atomic E-state index is 0.0986. The molecule has 1 aromatic carbocycles. The van der Waals surface area contributed by atoms with E-state index in [1.807, 2.05) is 6.07 Å². The van der Waals surface area contributed by atoms with Crippen molar-refractivity contribution in [2.24, 2.45) is 0 Å². The van der Waals surface area contributed by atoms with E-state index in [2.05, 4.69) is 4.98 Å². The highest BCUT2D eigenvalue weighted by Crippen LogP contribution is 2.26. The molecule has 2 aromatic rings. The van der Waals surface area contributed by atoms with Gasteiger partial charge in [-0.1, -0.05) is 18.2 Å². The third-order valence-electron chi connectivity index (χ3n) is 3.91. The Bertz CT molecular complexity index is 722. The SMILES string of the molecule is CN(C(=O)c1ccccc1)c1nc2n(c1C(=O)O)CCCC2. The maximum absolute atomic E-state index is 12.5. The summed E-state index contributed by atoms with van der Waals surface area (Å²) in [5.74, 6) is -0.355. The van der Waals surface area contributed by atoms with Gasteiger partial charge in [0.15, 0.2) is 11.5 Å². The van der Waals surface area contributed by atoms with Gasteiger partial charge < -0.3 is 9.67 Å². The highest BCUT2D eigenvalue weighted by atomic mass is 16.4. The van der Waals surface area contributed by atoms with Crippen LogP contribution in [0.2, 0.25) is 0 Å². The number of nitrogens with zero attached hydrogens (tertiary/aromatic N) is 3. The number of carboxylic acid groups (broad SMARTS) is 1. The minimum Gasteiger partial charge on any atom is -0.476 e. The molecule has 0 spiro atoms. The van der Waals surface area contributed by atoms with Gasteiger partial charge in [-0.25, -0.2) is 9.78 Å². The number of amides is 1. The number of aromatic carboxylic acids is 1. The summed E-state index contributed by atoms with van der Waals surface area (Å²) < 4.78 is 1.72. The van der Waals surface area contributed by atoms with Gasteiger partial charge in [0.1, 0.15) is 5.82 Å². The van der Waals surface area contributed by atoms with Crippen LogP contribution in [0, 0.1) is 0 Å². The van der Waals surface area contributed by atoms with Crippen molar-refractivity contribution >= 4 is 17.7 Å². The van der Waals surface area contributed by atoms with Crippen LogP contribution in [0.1, 0.15) is 39.5 Å². The number of benzene rings is 1. The van der Waals surface area contributed by atoms with Gasteiger partial charge >= 0.3 is 5.97 Å². The van der Waals surface area contributed by atoms with E-state index in [1.54, 1.807) is 35.9 Å². The molecular weight excluding hydrogens is 282 g/mol. The Kier molecular flexibility index (Phi) is 3.66. The zero-order valence-electron chi connectivity index (χ0n) is 12.3. The second-order valence-electron chi connectivity index (χ2n) is 5.34. The van der Waals surface area contributed by atoms with Crippen molar-refractivity contribution in [3.8, 4) is 0 Å². The van der Waals surface area contributed by atoms with Crippen LogP contribution in [0.4, 0.5) is 5.82 Å². The van der Waals surface area contributed by atoms with Gasteiger partial charge in [-0.05, 0) is 25.0 Å². The Labute approximate surface area is 128 Å². The van der Waals surface area contributed by atoms with Gasteiger partial charge in [0, 0.05) is 25.6 Å². The number of aryl methyl sites for hydroxylation is 1. The second kappa shape index (κ2) is 5.63. The normalized spacial score (nSPS) is 13.5. The third kappa shape index (κ3) is 2.36. The average molecular weight is 299 g/mol. The lowest BCUT2D eigenvalue weighted by Gasteiger charge is -2.17. The molecular formula is C16H17N3O3. The first-order valence-corrected chi connectivity index (χ1v) is 7.25. The van der Waals surface area contributed by atoms with Crippen molar-refractivity contribution < 1.29 is 14.7 Å². The van der Waals surface area contributed by atoms with Crippen molar-refractivity contribution in [2.45, 2.75) is 25.8 Å². The zero-order valence-corrected chi connectivity index (χ0v) is 12.3. The first kappa shape index (κ1) is 14.3.